The van der Waals surface area contributed by atoms with Crippen LogP contribution in [0.3, 0.4) is 0 Å². The lowest BCUT2D eigenvalue weighted by atomic mass is 10.1. The number of hydrogen-bond donors (Lipinski definition) is 1. The molecule has 1 amide bonds. The standard InChI is InChI=1S/C13H17ClN2O3/c1-18-12-3-2-9(14)6-11(12)13(17)16-4-5-19-10(7-15)8-16/h2-3,6,10H,4-5,7-8,15H2,1H3. The molecule has 1 heterocycles. The second-order valence-corrected chi connectivity index (χ2v) is 4.76. The molecule has 1 saturated heterocycles. The van der Waals surface area contributed by atoms with E-state index in [4.69, 9.17) is 26.8 Å². The first-order valence-electron chi connectivity index (χ1n) is 6.10. The van der Waals surface area contributed by atoms with Gasteiger partial charge in [-0.1, -0.05) is 11.6 Å². The van der Waals surface area contributed by atoms with Crippen LogP contribution in [0.2, 0.25) is 5.02 Å². The molecule has 19 heavy (non-hydrogen) atoms. The lowest BCUT2D eigenvalue weighted by molar-refractivity contribution is -0.0168. The van der Waals surface area contributed by atoms with Gasteiger partial charge < -0.3 is 20.1 Å². The number of halogens is 1. The van der Waals surface area contributed by atoms with E-state index in [0.29, 0.717) is 42.6 Å². The number of rotatable bonds is 3. The lowest BCUT2D eigenvalue weighted by Gasteiger charge is -2.32. The number of nitrogens with zero attached hydrogens (tertiary/aromatic N) is 1. The fourth-order valence-electron chi connectivity index (χ4n) is 2.06. The van der Waals surface area contributed by atoms with E-state index in [1.165, 1.54) is 7.11 Å². The van der Waals surface area contributed by atoms with E-state index < -0.39 is 0 Å². The molecule has 1 aromatic rings. The Morgan fingerprint density at radius 3 is 3.11 bits per heavy atom. The monoisotopic (exact) mass is 284 g/mol. The highest BCUT2D eigenvalue weighted by molar-refractivity contribution is 6.31. The molecule has 0 saturated carbocycles. The van der Waals surface area contributed by atoms with Gasteiger partial charge in [-0.2, -0.15) is 0 Å². The Morgan fingerprint density at radius 2 is 2.42 bits per heavy atom. The van der Waals surface area contributed by atoms with Gasteiger partial charge in [-0.25, -0.2) is 0 Å². The SMILES string of the molecule is COc1ccc(Cl)cc1C(=O)N1CCOC(CN)C1. The summed E-state index contributed by atoms with van der Waals surface area (Å²) < 4.78 is 10.7. The normalized spacial score (nSPS) is 19.3. The maximum absolute atomic E-state index is 12.5. The summed E-state index contributed by atoms with van der Waals surface area (Å²) in [6, 6.07) is 5.01. The van der Waals surface area contributed by atoms with Gasteiger partial charge in [0.25, 0.3) is 5.91 Å². The molecule has 2 rings (SSSR count). The molecule has 0 bridgehead atoms. The van der Waals surface area contributed by atoms with Crippen LogP contribution in [-0.4, -0.2) is 50.3 Å². The van der Waals surface area contributed by atoms with E-state index in [1.807, 2.05) is 0 Å². The van der Waals surface area contributed by atoms with Crippen molar-refractivity contribution in [1.29, 1.82) is 0 Å². The highest BCUT2D eigenvalue weighted by atomic mass is 35.5. The first-order chi connectivity index (χ1) is 9.15. The van der Waals surface area contributed by atoms with Crippen LogP contribution in [0.5, 0.6) is 5.75 Å². The van der Waals surface area contributed by atoms with Crippen LogP contribution in [0.15, 0.2) is 18.2 Å². The van der Waals surface area contributed by atoms with Crippen molar-refractivity contribution in [2.45, 2.75) is 6.10 Å². The Morgan fingerprint density at radius 1 is 1.63 bits per heavy atom. The summed E-state index contributed by atoms with van der Waals surface area (Å²) in [5.41, 5.74) is 6.04. The topological polar surface area (TPSA) is 64.8 Å². The molecule has 1 aromatic carbocycles. The van der Waals surface area contributed by atoms with Gasteiger partial charge in [-0.05, 0) is 18.2 Å². The van der Waals surface area contributed by atoms with Crippen molar-refractivity contribution in [2.75, 3.05) is 33.4 Å². The Balaban J connectivity index is 2.21. The second kappa shape index (κ2) is 6.23. The molecule has 104 valence electrons. The van der Waals surface area contributed by atoms with Crippen LogP contribution < -0.4 is 10.5 Å². The van der Waals surface area contributed by atoms with E-state index in [1.54, 1.807) is 23.1 Å². The molecule has 6 heteroatoms. The Labute approximate surface area is 117 Å². The average molecular weight is 285 g/mol. The number of ether oxygens (including phenoxy) is 2. The first-order valence-corrected chi connectivity index (χ1v) is 6.48. The smallest absolute Gasteiger partial charge is 0.257 e. The average Bonchev–Trinajstić information content (AvgIpc) is 2.46. The van der Waals surface area contributed by atoms with Gasteiger partial charge in [0.1, 0.15) is 5.75 Å². The van der Waals surface area contributed by atoms with Crippen molar-refractivity contribution in [1.82, 2.24) is 4.90 Å². The fraction of sp³-hybridized carbons (Fsp3) is 0.462. The van der Waals surface area contributed by atoms with Gasteiger partial charge in [-0.3, -0.25) is 4.79 Å². The highest BCUT2D eigenvalue weighted by Crippen LogP contribution is 2.24. The fourth-order valence-corrected chi connectivity index (χ4v) is 2.24. The molecule has 1 fully saturated rings. The molecule has 1 aliphatic rings. The second-order valence-electron chi connectivity index (χ2n) is 4.32. The predicted molar refractivity (Wildman–Crippen MR) is 72.7 cm³/mol. The van der Waals surface area contributed by atoms with Gasteiger partial charge >= 0.3 is 0 Å². The summed E-state index contributed by atoms with van der Waals surface area (Å²) in [6.45, 7) is 1.93. The van der Waals surface area contributed by atoms with E-state index in [9.17, 15) is 4.79 Å². The number of morpholine rings is 1. The summed E-state index contributed by atoms with van der Waals surface area (Å²) in [5, 5.41) is 0.507. The van der Waals surface area contributed by atoms with Gasteiger partial charge in [0.05, 0.1) is 25.4 Å². The van der Waals surface area contributed by atoms with Crippen molar-refractivity contribution < 1.29 is 14.3 Å². The number of nitrogens with two attached hydrogens (primary N) is 1. The highest BCUT2D eigenvalue weighted by Gasteiger charge is 2.26. The predicted octanol–water partition coefficient (Wildman–Crippen LogP) is 1.15. The zero-order chi connectivity index (χ0) is 13.8. The summed E-state index contributed by atoms with van der Waals surface area (Å²) in [6.07, 6.45) is -0.108. The number of carbonyl (C=O) groups is 1. The molecule has 0 radical (unpaired) electrons. The minimum absolute atomic E-state index is 0.108. The van der Waals surface area contributed by atoms with Crippen LogP contribution >= 0.6 is 11.6 Å². The van der Waals surface area contributed by atoms with E-state index >= 15 is 0 Å². The minimum Gasteiger partial charge on any atom is -0.496 e. The zero-order valence-corrected chi connectivity index (χ0v) is 11.5. The number of carbonyl (C=O) groups excluding carboxylic acids is 1. The van der Waals surface area contributed by atoms with Crippen LogP contribution in [0.4, 0.5) is 0 Å². The third-order valence-electron chi connectivity index (χ3n) is 3.08. The number of benzene rings is 1. The van der Waals surface area contributed by atoms with E-state index in [0.717, 1.165) is 0 Å². The van der Waals surface area contributed by atoms with Crippen molar-refractivity contribution in [3.05, 3.63) is 28.8 Å². The third-order valence-corrected chi connectivity index (χ3v) is 3.32. The molecule has 2 N–H and O–H groups in total. The van der Waals surface area contributed by atoms with Gasteiger partial charge in [0, 0.05) is 24.7 Å². The molecule has 0 aliphatic carbocycles. The molecule has 0 spiro atoms. The van der Waals surface area contributed by atoms with Gasteiger partial charge in [0.2, 0.25) is 0 Å². The third kappa shape index (κ3) is 3.18. The summed E-state index contributed by atoms with van der Waals surface area (Å²) >= 11 is 5.94. The Kier molecular flexibility index (Phi) is 4.63. The summed E-state index contributed by atoms with van der Waals surface area (Å²) in [5.74, 6) is 0.409. The van der Waals surface area contributed by atoms with E-state index in [2.05, 4.69) is 0 Å². The Bertz CT molecular complexity index is 467. The molecular formula is C13H17ClN2O3. The molecule has 1 atom stereocenters. The van der Waals surface area contributed by atoms with Crippen molar-refractivity contribution >= 4 is 17.5 Å². The molecule has 1 unspecified atom stereocenters. The van der Waals surface area contributed by atoms with Crippen LogP contribution in [-0.2, 0) is 4.74 Å². The van der Waals surface area contributed by atoms with Crippen LogP contribution in [0.25, 0.3) is 0 Å². The number of hydrogen-bond acceptors (Lipinski definition) is 4. The Hall–Kier alpha value is -1.30. The number of amides is 1. The van der Waals surface area contributed by atoms with Crippen molar-refractivity contribution in [3.63, 3.8) is 0 Å². The zero-order valence-electron chi connectivity index (χ0n) is 10.8. The minimum atomic E-state index is -0.110. The maximum atomic E-state index is 12.5. The van der Waals surface area contributed by atoms with Crippen LogP contribution in [0.1, 0.15) is 10.4 Å². The first kappa shape index (κ1) is 14.1. The van der Waals surface area contributed by atoms with Gasteiger partial charge in [0.15, 0.2) is 0 Å². The van der Waals surface area contributed by atoms with E-state index in [-0.39, 0.29) is 12.0 Å². The lowest BCUT2D eigenvalue weighted by Crippen LogP contribution is -2.48. The molecule has 0 aromatic heterocycles. The molecular weight excluding hydrogens is 268 g/mol. The van der Waals surface area contributed by atoms with Gasteiger partial charge in [-0.15, -0.1) is 0 Å². The van der Waals surface area contributed by atoms with Crippen molar-refractivity contribution in [3.8, 4) is 5.75 Å². The molecule has 1 aliphatic heterocycles. The number of methoxy groups -OCH3 is 1. The summed E-state index contributed by atoms with van der Waals surface area (Å²) in [7, 11) is 1.53. The quantitative estimate of drug-likeness (QED) is 0.904. The summed E-state index contributed by atoms with van der Waals surface area (Å²) in [4.78, 5) is 14.2. The molecule has 5 nitrogen and oxygen atoms in total. The maximum Gasteiger partial charge on any atom is 0.257 e. The van der Waals surface area contributed by atoms with Crippen LogP contribution in [0, 0.1) is 0 Å². The largest absolute Gasteiger partial charge is 0.496 e. The van der Waals surface area contributed by atoms with Crippen molar-refractivity contribution in [2.24, 2.45) is 5.73 Å².